The lowest BCUT2D eigenvalue weighted by atomic mass is 10.0. The number of halogens is 2. The van der Waals surface area contributed by atoms with E-state index in [2.05, 4.69) is 15.5 Å². The molecule has 0 bridgehead atoms. The summed E-state index contributed by atoms with van der Waals surface area (Å²) < 4.78 is 0. The monoisotopic (exact) mass is 427 g/mol. The zero-order valence-electron chi connectivity index (χ0n) is 14.1. The van der Waals surface area contributed by atoms with Crippen LogP contribution in [0.5, 0.6) is 0 Å². The van der Waals surface area contributed by atoms with Gasteiger partial charge >= 0.3 is 5.97 Å². The van der Waals surface area contributed by atoms with Gasteiger partial charge in [0.15, 0.2) is 5.78 Å². The molecule has 0 fully saturated rings. The molecule has 1 aromatic heterocycles. The van der Waals surface area contributed by atoms with Gasteiger partial charge < -0.3 is 10.4 Å². The minimum absolute atomic E-state index is 0.299. The highest BCUT2D eigenvalue weighted by Crippen LogP contribution is 2.34. The van der Waals surface area contributed by atoms with Crippen molar-refractivity contribution in [3.05, 3.63) is 51.4 Å². The molecule has 142 valence electrons. The summed E-state index contributed by atoms with van der Waals surface area (Å²) in [6.07, 6.45) is 0.687. The number of rotatable bonds is 8. The van der Waals surface area contributed by atoms with Gasteiger partial charge in [-0.3, -0.25) is 14.4 Å². The summed E-state index contributed by atoms with van der Waals surface area (Å²) in [5, 5.41) is 18.9. The van der Waals surface area contributed by atoms with Gasteiger partial charge in [-0.1, -0.05) is 42.3 Å². The zero-order chi connectivity index (χ0) is 20.0. The number of aryl methyl sites for hydroxylation is 1. The number of aliphatic carboxylic acids is 1. The first-order chi connectivity index (χ1) is 12.8. The van der Waals surface area contributed by atoms with Crippen LogP contribution in [0, 0.1) is 0 Å². The van der Waals surface area contributed by atoms with Crippen molar-refractivity contribution in [3.63, 3.8) is 0 Å². The zero-order valence-corrected chi connectivity index (χ0v) is 16.4. The van der Waals surface area contributed by atoms with Gasteiger partial charge in [0.2, 0.25) is 5.50 Å². The Hall–Kier alpha value is -2.29. The van der Waals surface area contributed by atoms with Gasteiger partial charge in [-0.15, -0.1) is 16.5 Å². The third-order valence-corrected chi connectivity index (χ3v) is 5.13. The minimum atomic E-state index is -1.42. The van der Waals surface area contributed by atoms with E-state index >= 15 is 0 Å². The molecule has 2 aromatic rings. The third kappa shape index (κ3) is 5.59. The van der Waals surface area contributed by atoms with E-state index in [-0.39, 0.29) is 5.78 Å². The quantitative estimate of drug-likeness (QED) is 0.286. The average molecular weight is 428 g/mol. The Balaban J connectivity index is 2.26. The smallest absolute Gasteiger partial charge is 0.322 e. The first-order valence-corrected chi connectivity index (χ1v) is 9.43. The second-order valence-electron chi connectivity index (χ2n) is 5.26. The van der Waals surface area contributed by atoms with Crippen LogP contribution < -0.4 is 5.32 Å². The molecule has 0 aliphatic heterocycles. The van der Waals surface area contributed by atoms with Crippen LogP contribution in [0.4, 0.5) is 5.00 Å². The Morgan fingerprint density at radius 2 is 1.96 bits per heavy atom. The van der Waals surface area contributed by atoms with E-state index in [9.17, 15) is 14.4 Å². The third-order valence-electron chi connectivity index (χ3n) is 3.36. The fraction of sp³-hybridized carbons (Fsp3) is 0.235. The van der Waals surface area contributed by atoms with Crippen molar-refractivity contribution >= 4 is 57.2 Å². The predicted octanol–water partition coefficient (Wildman–Crippen LogP) is 4.04. The van der Waals surface area contributed by atoms with Crippen molar-refractivity contribution in [1.29, 1.82) is 0 Å². The van der Waals surface area contributed by atoms with E-state index in [0.717, 1.165) is 4.88 Å². The summed E-state index contributed by atoms with van der Waals surface area (Å²) in [5.41, 5.74) is -0.777. The van der Waals surface area contributed by atoms with Crippen LogP contribution in [0.25, 0.3) is 0 Å². The van der Waals surface area contributed by atoms with Crippen molar-refractivity contribution in [2.45, 2.75) is 18.8 Å². The van der Waals surface area contributed by atoms with Gasteiger partial charge in [0, 0.05) is 10.4 Å². The number of nitrogens with one attached hydrogen (secondary N) is 1. The topological polar surface area (TPSA) is 108 Å². The van der Waals surface area contributed by atoms with E-state index in [4.69, 9.17) is 28.3 Å². The lowest BCUT2D eigenvalue weighted by Gasteiger charge is -2.04. The molecule has 2 rings (SSSR count). The second kappa shape index (κ2) is 9.59. The highest BCUT2D eigenvalue weighted by molar-refractivity contribution is 7.16. The number of carboxylic acids is 1. The number of carboxylic acid groups (broad SMARTS) is 1. The number of carbonyl (C=O) groups is 3. The first-order valence-electron chi connectivity index (χ1n) is 7.79. The van der Waals surface area contributed by atoms with Crippen molar-refractivity contribution in [2.24, 2.45) is 10.2 Å². The number of azo groups is 1. The Bertz CT molecular complexity index is 898. The number of hydrogen-bond acceptors (Lipinski definition) is 6. The maximum absolute atomic E-state index is 12.8. The molecule has 1 unspecified atom stereocenters. The van der Waals surface area contributed by atoms with Crippen molar-refractivity contribution < 1.29 is 19.5 Å². The molecule has 1 amide bonds. The predicted molar refractivity (Wildman–Crippen MR) is 103 cm³/mol. The molecule has 0 aliphatic rings. The van der Waals surface area contributed by atoms with Crippen LogP contribution in [-0.2, 0) is 16.0 Å². The van der Waals surface area contributed by atoms with Gasteiger partial charge in [-0.2, -0.15) is 5.11 Å². The molecule has 0 radical (unpaired) electrons. The van der Waals surface area contributed by atoms with Gasteiger partial charge in [0.05, 0.1) is 10.6 Å². The molecule has 7 nitrogen and oxygen atoms in total. The van der Waals surface area contributed by atoms with Gasteiger partial charge in [-0.05, 0) is 24.6 Å². The summed E-state index contributed by atoms with van der Waals surface area (Å²) in [6.45, 7) is 1.35. The fourth-order valence-electron chi connectivity index (χ4n) is 2.04. The molecule has 0 saturated heterocycles. The lowest BCUT2D eigenvalue weighted by molar-refractivity contribution is -0.137. The molecular formula is C17H15Cl2N3O4S. The Kier molecular flexibility index (Phi) is 7.46. The second-order valence-corrected chi connectivity index (χ2v) is 7.19. The Morgan fingerprint density at radius 1 is 1.26 bits per heavy atom. The molecule has 1 heterocycles. The minimum Gasteiger partial charge on any atom is -0.480 e. The Morgan fingerprint density at radius 3 is 2.59 bits per heavy atom. The summed E-state index contributed by atoms with van der Waals surface area (Å²) in [7, 11) is 0. The maximum Gasteiger partial charge on any atom is 0.322 e. The standard InChI is InChI=1S/C17H15Cl2N3O4S/c1-2-9-7-11(14(25)10-5-3-4-6-12(10)18)17(27-9)22-21-15(19)16(26)20-8-13(23)24/h3-7,15H,2,8H2,1H3,(H,20,26)(H,23,24). The van der Waals surface area contributed by atoms with Crippen LogP contribution in [-0.4, -0.2) is 34.8 Å². The number of ketones is 1. The Labute approximate surface area is 169 Å². The molecule has 0 spiro atoms. The molecule has 0 aliphatic carbocycles. The van der Waals surface area contributed by atoms with Crippen LogP contribution in [0.3, 0.4) is 0 Å². The normalized spacial score (nSPS) is 12.1. The number of amides is 1. The number of benzene rings is 1. The van der Waals surface area contributed by atoms with Crippen LogP contribution in [0.15, 0.2) is 40.6 Å². The number of hydrogen-bond donors (Lipinski definition) is 2. The molecule has 1 atom stereocenters. The number of alkyl halides is 1. The van der Waals surface area contributed by atoms with E-state index in [0.29, 0.717) is 27.6 Å². The summed E-state index contributed by atoms with van der Waals surface area (Å²) >= 11 is 13.2. The highest BCUT2D eigenvalue weighted by Gasteiger charge is 2.20. The van der Waals surface area contributed by atoms with Crippen LogP contribution >= 0.6 is 34.5 Å². The molecule has 2 N–H and O–H groups in total. The number of nitrogens with zero attached hydrogens (tertiary/aromatic N) is 2. The van der Waals surface area contributed by atoms with E-state index in [1.807, 2.05) is 6.92 Å². The van der Waals surface area contributed by atoms with E-state index in [1.54, 1.807) is 30.3 Å². The van der Waals surface area contributed by atoms with Gasteiger partial charge in [-0.25, -0.2) is 0 Å². The van der Waals surface area contributed by atoms with Gasteiger partial charge in [0.25, 0.3) is 5.91 Å². The van der Waals surface area contributed by atoms with Crippen molar-refractivity contribution in [2.75, 3.05) is 6.54 Å². The molecule has 1 aromatic carbocycles. The van der Waals surface area contributed by atoms with Crippen LogP contribution in [0.1, 0.15) is 27.7 Å². The SMILES string of the molecule is CCc1cc(C(=O)c2ccccc2Cl)c(N=NC(Cl)C(=O)NCC(=O)O)s1. The maximum atomic E-state index is 12.8. The highest BCUT2D eigenvalue weighted by atomic mass is 35.5. The largest absolute Gasteiger partial charge is 0.480 e. The summed E-state index contributed by atoms with van der Waals surface area (Å²) in [5.74, 6) is -2.32. The molecule has 10 heteroatoms. The first kappa shape index (κ1) is 21.0. The average Bonchev–Trinajstić information content (AvgIpc) is 3.07. The van der Waals surface area contributed by atoms with E-state index < -0.39 is 23.9 Å². The molecular weight excluding hydrogens is 413 g/mol. The van der Waals surface area contributed by atoms with Crippen molar-refractivity contribution in [1.82, 2.24) is 5.32 Å². The lowest BCUT2D eigenvalue weighted by Crippen LogP contribution is -2.34. The number of thiophene rings is 1. The number of carbonyl (C=O) groups excluding carboxylic acids is 2. The molecule has 0 saturated carbocycles. The van der Waals surface area contributed by atoms with Crippen molar-refractivity contribution in [3.8, 4) is 0 Å². The van der Waals surface area contributed by atoms with Crippen LogP contribution in [0.2, 0.25) is 5.02 Å². The molecule has 27 heavy (non-hydrogen) atoms. The summed E-state index contributed by atoms with van der Waals surface area (Å²) in [4.78, 5) is 35.9. The fourth-order valence-corrected chi connectivity index (χ4v) is 3.30. The summed E-state index contributed by atoms with van der Waals surface area (Å²) in [6, 6.07) is 8.36. The van der Waals surface area contributed by atoms with E-state index in [1.165, 1.54) is 11.3 Å². The van der Waals surface area contributed by atoms with Gasteiger partial charge in [0.1, 0.15) is 11.5 Å².